The predicted molar refractivity (Wildman–Crippen MR) is 110 cm³/mol. The lowest BCUT2D eigenvalue weighted by atomic mass is 9.94. The zero-order valence-electron chi connectivity index (χ0n) is 15.7. The van der Waals surface area contributed by atoms with Gasteiger partial charge in [-0.25, -0.2) is 0 Å². The Labute approximate surface area is 169 Å². The summed E-state index contributed by atoms with van der Waals surface area (Å²) in [6, 6.07) is 15.8. The lowest BCUT2D eigenvalue weighted by molar-refractivity contribution is -1.02. The van der Waals surface area contributed by atoms with E-state index in [-0.39, 0.29) is 18.4 Å². The number of nitrogens with one attached hydrogen (secondary N) is 2. The molecule has 1 unspecified atom stereocenters. The highest BCUT2D eigenvalue weighted by atomic mass is 35.5. The van der Waals surface area contributed by atoms with Crippen LogP contribution in [0.3, 0.4) is 0 Å². The van der Waals surface area contributed by atoms with Gasteiger partial charge in [0.15, 0.2) is 5.75 Å². The largest absolute Gasteiger partial charge is 0.505 e. The summed E-state index contributed by atoms with van der Waals surface area (Å²) >= 11 is 6.12. The number of piperazine rings is 1. The molecule has 0 saturated carbocycles. The summed E-state index contributed by atoms with van der Waals surface area (Å²) in [5.74, 6) is 0.260. The smallest absolute Gasteiger partial charge is 0.151 e. The third-order valence-corrected chi connectivity index (χ3v) is 6.02. The maximum absolute atomic E-state index is 11.1. The van der Waals surface area contributed by atoms with Crippen molar-refractivity contribution in [3.63, 3.8) is 0 Å². The molecule has 0 amide bonds. The van der Waals surface area contributed by atoms with Gasteiger partial charge >= 0.3 is 0 Å². The number of hydrogen-bond donors (Lipinski definition) is 4. The Morgan fingerprint density at radius 3 is 2.46 bits per heavy atom. The average molecular weight is 400 g/mol. The summed E-state index contributed by atoms with van der Waals surface area (Å²) < 4.78 is 0. The molecule has 1 saturated heterocycles. The molecule has 5 nitrogen and oxygen atoms in total. The molecule has 6 heteroatoms. The predicted octanol–water partition coefficient (Wildman–Crippen LogP) is 0.459. The van der Waals surface area contributed by atoms with E-state index >= 15 is 0 Å². The van der Waals surface area contributed by atoms with Crippen LogP contribution >= 0.6 is 11.6 Å². The SMILES string of the molecule is OCC[NH+]1CC[NH+](C(c2ccc(Cl)cc2)c2ccc3cccnc3c2O)CC1. The number of halogens is 1. The number of aliphatic hydroxyl groups excluding tert-OH is 1. The molecule has 2 aromatic carbocycles. The normalized spacial score (nSPS) is 20.9. The maximum Gasteiger partial charge on any atom is 0.151 e. The van der Waals surface area contributed by atoms with Crippen LogP contribution in [0.5, 0.6) is 5.75 Å². The van der Waals surface area contributed by atoms with Gasteiger partial charge in [-0.2, -0.15) is 0 Å². The average Bonchev–Trinajstić information content (AvgIpc) is 2.73. The lowest BCUT2D eigenvalue weighted by Gasteiger charge is -2.35. The monoisotopic (exact) mass is 399 g/mol. The van der Waals surface area contributed by atoms with Crippen LogP contribution in [-0.2, 0) is 0 Å². The van der Waals surface area contributed by atoms with Crippen molar-refractivity contribution in [3.8, 4) is 5.75 Å². The summed E-state index contributed by atoms with van der Waals surface area (Å²) in [7, 11) is 0. The van der Waals surface area contributed by atoms with E-state index in [0.717, 1.165) is 49.2 Å². The molecule has 1 aliphatic heterocycles. The van der Waals surface area contributed by atoms with Gasteiger partial charge in [-0.1, -0.05) is 35.9 Å². The molecule has 1 atom stereocenters. The highest BCUT2D eigenvalue weighted by Crippen LogP contribution is 2.33. The van der Waals surface area contributed by atoms with Gasteiger partial charge in [0.25, 0.3) is 0 Å². The number of aliphatic hydroxyl groups is 1. The first-order chi connectivity index (χ1) is 13.7. The van der Waals surface area contributed by atoms with Crippen molar-refractivity contribution in [2.24, 2.45) is 0 Å². The molecular formula is C22H26ClN3O2+2. The molecule has 4 rings (SSSR count). The molecular weight excluding hydrogens is 374 g/mol. The Morgan fingerprint density at radius 1 is 1.00 bits per heavy atom. The van der Waals surface area contributed by atoms with Crippen LogP contribution < -0.4 is 9.80 Å². The van der Waals surface area contributed by atoms with E-state index in [0.29, 0.717) is 10.5 Å². The molecule has 2 heterocycles. The number of aromatic hydroxyl groups is 1. The highest BCUT2D eigenvalue weighted by molar-refractivity contribution is 6.30. The van der Waals surface area contributed by atoms with Crippen molar-refractivity contribution in [1.29, 1.82) is 0 Å². The Balaban J connectivity index is 1.74. The van der Waals surface area contributed by atoms with Gasteiger partial charge in [0, 0.05) is 22.2 Å². The summed E-state index contributed by atoms with van der Waals surface area (Å²) in [6.45, 7) is 4.98. The zero-order valence-corrected chi connectivity index (χ0v) is 16.5. The van der Waals surface area contributed by atoms with Gasteiger partial charge < -0.3 is 20.0 Å². The molecule has 0 spiro atoms. The van der Waals surface area contributed by atoms with Gasteiger partial charge in [-0.3, -0.25) is 4.98 Å². The van der Waals surface area contributed by atoms with Crippen LogP contribution in [0.4, 0.5) is 0 Å². The number of quaternary nitrogens is 2. The first-order valence-electron chi connectivity index (χ1n) is 9.78. The fourth-order valence-corrected chi connectivity index (χ4v) is 4.42. The number of aromatic nitrogens is 1. The molecule has 0 radical (unpaired) electrons. The van der Waals surface area contributed by atoms with E-state index in [1.54, 1.807) is 6.20 Å². The Morgan fingerprint density at radius 2 is 1.75 bits per heavy atom. The molecule has 1 aromatic heterocycles. The van der Waals surface area contributed by atoms with Crippen molar-refractivity contribution in [2.75, 3.05) is 39.3 Å². The standard InChI is InChI=1S/C22H24ClN3O2/c23-18-6-3-17(4-7-18)21(26-12-10-25(11-13-26)14-15-27)19-8-5-16-2-1-9-24-20(16)22(19)28/h1-9,21,27-28H,10-15H2/p+2. The van der Waals surface area contributed by atoms with E-state index in [1.807, 2.05) is 36.4 Å². The van der Waals surface area contributed by atoms with E-state index in [9.17, 15) is 10.2 Å². The fourth-order valence-electron chi connectivity index (χ4n) is 4.29. The minimum Gasteiger partial charge on any atom is -0.505 e. The lowest BCUT2D eigenvalue weighted by Crippen LogP contribution is -3.28. The number of nitrogens with zero attached hydrogens (tertiary/aromatic N) is 1. The topological polar surface area (TPSA) is 62.2 Å². The van der Waals surface area contributed by atoms with Crippen LogP contribution in [0.25, 0.3) is 10.9 Å². The summed E-state index contributed by atoms with van der Waals surface area (Å²) in [5, 5.41) is 21.9. The number of fused-ring (bicyclic) bond motifs is 1. The zero-order chi connectivity index (χ0) is 19.5. The summed E-state index contributed by atoms with van der Waals surface area (Å²) in [5.41, 5.74) is 2.67. The van der Waals surface area contributed by atoms with Gasteiger partial charge in [-0.15, -0.1) is 0 Å². The second kappa shape index (κ2) is 8.45. The first-order valence-corrected chi connectivity index (χ1v) is 10.2. The quantitative estimate of drug-likeness (QED) is 0.504. The second-order valence-electron chi connectivity index (χ2n) is 7.44. The minimum absolute atomic E-state index is 0.0133. The van der Waals surface area contributed by atoms with Crippen molar-refractivity contribution < 1.29 is 20.0 Å². The Hall–Kier alpha value is -2.18. The van der Waals surface area contributed by atoms with Gasteiger partial charge in [-0.05, 0) is 24.3 Å². The van der Waals surface area contributed by atoms with E-state index in [1.165, 1.54) is 9.80 Å². The molecule has 0 bridgehead atoms. The Kier molecular flexibility index (Phi) is 5.78. The van der Waals surface area contributed by atoms with Gasteiger partial charge in [0.2, 0.25) is 0 Å². The molecule has 0 aliphatic carbocycles. The number of benzene rings is 2. The molecule has 4 N–H and O–H groups in total. The first kappa shape index (κ1) is 19.2. The number of phenols is 1. The van der Waals surface area contributed by atoms with Gasteiger partial charge in [0.1, 0.15) is 44.3 Å². The third-order valence-electron chi connectivity index (χ3n) is 5.77. The van der Waals surface area contributed by atoms with Crippen molar-refractivity contribution in [1.82, 2.24) is 4.98 Å². The highest BCUT2D eigenvalue weighted by Gasteiger charge is 2.33. The van der Waals surface area contributed by atoms with Crippen molar-refractivity contribution >= 4 is 22.5 Å². The summed E-state index contributed by atoms with van der Waals surface area (Å²) in [6.07, 6.45) is 1.72. The molecule has 146 valence electrons. The number of rotatable bonds is 5. The molecule has 1 fully saturated rings. The van der Waals surface area contributed by atoms with Crippen LogP contribution in [0, 0.1) is 0 Å². The molecule has 28 heavy (non-hydrogen) atoms. The number of phenolic OH excluding ortho intramolecular Hbond substituents is 1. The molecule has 3 aromatic rings. The van der Waals surface area contributed by atoms with Crippen LogP contribution in [0.2, 0.25) is 5.02 Å². The second-order valence-corrected chi connectivity index (χ2v) is 7.88. The van der Waals surface area contributed by atoms with Crippen molar-refractivity contribution in [2.45, 2.75) is 6.04 Å². The Bertz CT molecular complexity index is 940. The van der Waals surface area contributed by atoms with Crippen LogP contribution in [0.15, 0.2) is 54.7 Å². The number of hydrogen-bond acceptors (Lipinski definition) is 3. The third kappa shape index (κ3) is 3.84. The minimum atomic E-state index is 0.0133. The van der Waals surface area contributed by atoms with E-state index in [2.05, 4.69) is 17.1 Å². The number of pyridine rings is 1. The fraction of sp³-hybridized carbons (Fsp3) is 0.318. The van der Waals surface area contributed by atoms with Crippen LogP contribution in [0.1, 0.15) is 17.2 Å². The van der Waals surface area contributed by atoms with E-state index in [4.69, 9.17) is 11.6 Å². The maximum atomic E-state index is 11.1. The van der Waals surface area contributed by atoms with Crippen LogP contribution in [-0.4, -0.2) is 54.5 Å². The van der Waals surface area contributed by atoms with Gasteiger partial charge in [0.05, 0.1) is 12.2 Å². The van der Waals surface area contributed by atoms with E-state index < -0.39 is 0 Å². The summed E-state index contributed by atoms with van der Waals surface area (Å²) in [4.78, 5) is 7.25. The van der Waals surface area contributed by atoms with Crippen molar-refractivity contribution in [3.05, 3.63) is 70.9 Å². The molecule has 1 aliphatic rings.